The average Bonchev–Trinajstić information content (AvgIpc) is 2.64. The van der Waals surface area contributed by atoms with E-state index in [-0.39, 0.29) is 29.5 Å². The molecule has 2 aromatic carbocycles. The maximum absolute atomic E-state index is 12.4. The number of anilines is 1. The fourth-order valence-corrected chi connectivity index (χ4v) is 3.89. The summed E-state index contributed by atoms with van der Waals surface area (Å²) in [7, 11) is -2.05. The molecule has 0 bridgehead atoms. The number of benzene rings is 2. The molecule has 2 aromatic rings. The Balaban J connectivity index is 1.90. The minimum absolute atomic E-state index is 0.142. The predicted molar refractivity (Wildman–Crippen MR) is 110 cm³/mol. The summed E-state index contributed by atoms with van der Waals surface area (Å²) in [4.78, 5) is 25.9. The van der Waals surface area contributed by atoms with Crippen LogP contribution in [0.2, 0.25) is 0 Å². The van der Waals surface area contributed by atoms with Crippen molar-refractivity contribution in [2.75, 3.05) is 24.7 Å². The molecule has 0 saturated carbocycles. The van der Waals surface area contributed by atoms with Crippen molar-refractivity contribution >= 4 is 27.3 Å². The summed E-state index contributed by atoms with van der Waals surface area (Å²) in [6, 6.07) is 12.1. The largest absolute Gasteiger partial charge is 0.336 e. The second kappa shape index (κ2) is 9.01. The lowest BCUT2D eigenvalue weighted by Gasteiger charge is -2.18. The van der Waals surface area contributed by atoms with E-state index in [0.717, 1.165) is 16.7 Å². The first kappa shape index (κ1) is 21.6. The second-order valence-corrected chi connectivity index (χ2v) is 9.04. The van der Waals surface area contributed by atoms with E-state index in [1.165, 1.54) is 24.1 Å². The molecule has 6 nitrogen and oxygen atoms in total. The van der Waals surface area contributed by atoms with Crippen molar-refractivity contribution in [3.63, 3.8) is 0 Å². The lowest BCUT2D eigenvalue weighted by Crippen LogP contribution is -2.35. The maximum atomic E-state index is 12.4. The number of carbonyl (C=O) groups excluding carboxylic acids is 2. The summed E-state index contributed by atoms with van der Waals surface area (Å²) in [5.41, 5.74) is 3.69. The molecule has 0 aliphatic heterocycles. The summed E-state index contributed by atoms with van der Waals surface area (Å²) in [6.45, 7) is 5.60. The van der Waals surface area contributed by atoms with E-state index in [4.69, 9.17) is 0 Å². The highest BCUT2D eigenvalue weighted by Crippen LogP contribution is 2.18. The summed E-state index contributed by atoms with van der Waals surface area (Å²) in [6.07, 6.45) is -0.177. The Labute approximate surface area is 166 Å². The van der Waals surface area contributed by atoms with Crippen LogP contribution in [0.15, 0.2) is 47.4 Å². The van der Waals surface area contributed by atoms with Gasteiger partial charge in [0.2, 0.25) is 11.8 Å². The molecule has 0 heterocycles. The Kier molecular flexibility index (Phi) is 6.96. The highest BCUT2D eigenvalue weighted by atomic mass is 32.2. The molecule has 28 heavy (non-hydrogen) atoms. The van der Waals surface area contributed by atoms with Gasteiger partial charge in [0.05, 0.1) is 17.2 Å². The number of rotatable bonds is 7. The van der Waals surface area contributed by atoms with Crippen LogP contribution >= 0.6 is 0 Å². The highest BCUT2D eigenvalue weighted by Gasteiger charge is 2.19. The van der Waals surface area contributed by atoms with Gasteiger partial charge in [0, 0.05) is 19.2 Å². The quantitative estimate of drug-likeness (QED) is 0.772. The summed E-state index contributed by atoms with van der Waals surface area (Å²) in [5.74, 6) is -1.02. The molecule has 0 spiro atoms. The van der Waals surface area contributed by atoms with Crippen molar-refractivity contribution in [1.82, 2.24) is 4.90 Å². The number of nitrogens with one attached hydrogen (secondary N) is 1. The molecular formula is C21H26N2O4S. The normalized spacial score (nSPS) is 11.1. The van der Waals surface area contributed by atoms with Gasteiger partial charge in [-0.15, -0.1) is 0 Å². The zero-order chi connectivity index (χ0) is 20.9. The predicted octanol–water partition coefficient (Wildman–Crippen LogP) is 2.87. The third-order valence-electron chi connectivity index (χ3n) is 4.65. The SMILES string of the molecule is Cc1ccc(S(=O)(=O)CCC(=O)N(C)CC(=O)Nc2cccc(C)c2C)cc1. The van der Waals surface area contributed by atoms with E-state index in [0.29, 0.717) is 5.69 Å². The number of carbonyl (C=O) groups is 2. The Morgan fingerprint density at radius 3 is 2.29 bits per heavy atom. The van der Waals surface area contributed by atoms with Gasteiger partial charge in [0.25, 0.3) is 0 Å². The molecule has 0 aromatic heterocycles. The van der Waals surface area contributed by atoms with Gasteiger partial charge < -0.3 is 10.2 Å². The molecule has 0 fully saturated rings. The second-order valence-electron chi connectivity index (χ2n) is 6.93. The first-order valence-electron chi connectivity index (χ1n) is 8.99. The number of likely N-dealkylation sites (N-methyl/N-ethyl adjacent to an activating group) is 1. The molecule has 0 aliphatic rings. The van der Waals surface area contributed by atoms with Crippen molar-refractivity contribution < 1.29 is 18.0 Å². The minimum Gasteiger partial charge on any atom is -0.336 e. The third kappa shape index (κ3) is 5.66. The molecule has 2 amide bonds. The van der Waals surface area contributed by atoms with Crippen molar-refractivity contribution in [3.05, 3.63) is 59.2 Å². The van der Waals surface area contributed by atoms with Crippen molar-refractivity contribution in [3.8, 4) is 0 Å². The molecule has 2 rings (SSSR count). The standard InChI is InChI=1S/C21H26N2O4S/c1-15-8-10-18(11-9-15)28(26,27)13-12-21(25)23(4)14-20(24)22-19-7-5-6-16(2)17(19)3/h5-11H,12-14H2,1-4H3,(H,22,24). The Morgan fingerprint density at radius 1 is 1.00 bits per heavy atom. The number of amides is 2. The van der Waals surface area contributed by atoms with Gasteiger partial charge in [-0.3, -0.25) is 9.59 Å². The van der Waals surface area contributed by atoms with Gasteiger partial charge in [-0.25, -0.2) is 8.42 Å². The van der Waals surface area contributed by atoms with Crippen LogP contribution in [0, 0.1) is 20.8 Å². The summed E-state index contributed by atoms with van der Waals surface area (Å²) < 4.78 is 24.7. The summed E-state index contributed by atoms with van der Waals surface area (Å²) in [5, 5.41) is 2.79. The molecule has 150 valence electrons. The zero-order valence-electron chi connectivity index (χ0n) is 16.7. The van der Waals surface area contributed by atoms with Gasteiger partial charge in [-0.1, -0.05) is 29.8 Å². The number of sulfone groups is 1. The molecule has 0 saturated heterocycles. The molecule has 7 heteroatoms. The van der Waals surface area contributed by atoms with Crippen LogP contribution in [0.4, 0.5) is 5.69 Å². The fraction of sp³-hybridized carbons (Fsp3) is 0.333. The number of hydrogen-bond donors (Lipinski definition) is 1. The van der Waals surface area contributed by atoms with E-state index in [1.54, 1.807) is 18.2 Å². The van der Waals surface area contributed by atoms with Crippen molar-refractivity contribution in [2.45, 2.75) is 32.1 Å². The van der Waals surface area contributed by atoms with Gasteiger partial charge in [-0.05, 0) is 50.1 Å². The molecule has 0 aliphatic carbocycles. The van der Waals surface area contributed by atoms with E-state index < -0.39 is 15.7 Å². The lowest BCUT2D eigenvalue weighted by molar-refractivity contribution is -0.132. The fourth-order valence-electron chi connectivity index (χ4n) is 2.66. The van der Waals surface area contributed by atoms with Gasteiger partial charge in [0.15, 0.2) is 9.84 Å². The molecule has 0 radical (unpaired) electrons. The first-order valence-corrected chi connectivity index (χ1v) is 10.6. The molecule has 0 unspecified atom stereocenters. The first-order chi connectivity index (χ1) is 13.1. The van der Waals surface area contributed by atoms with E-state index in [1.807, 2.05) is 32.9 Å². The smallest absolute Gasteiger partial charge is 0.243 e. The monoisotopic (exact) mass is 402 g/mol. The molecule has 1 N–H and O–H groups in total. The third-order valence-corrected chi connectivity index (χ3v) is 6.38. The van der Waals surface area contributed by atoms with Crippen LogP contribution in [0.3, 0.4) is 0 Å². The van der Waals surface area contributed by atoms with E-state index in [9.17, 15) is 18.0 Å². The van der Waals surface area contributed by atoms with Gasteiger partial charge in [0.1, 0.15) is 0 Å². The maximum Gasteiger partial charge on any atom is 0.243 e. The minimum atomic E-state index is -3.54. The van der Waals surface area contributed by atoms with Crippen LogP contribution < -0.4 is 5.32 Å². The average molecular weight is 403 g/mol. The number of hydrogen-bond acceptors (Lipinski definition) is 4. The topological polar surface area (TPSA) is 83.6 Å². The van der Waals surface area contributed by atoms with Crippen LogP contribution in [-0.2, 0) is 19.4 Å². The van der Waals surface area contributed by atoms with E-state index >= 15 is 0 Å². The van der Waals surface area contributed by atoms with Crippen LogP contribution in [0.25, 0.3) is 0 Å². The van der Waals surface area contributed by atoms with Gasteiger partial charge in [-0.2, -0.15) is 0 Å². The Morgan fingerprint density at radius 2 is 1.64 bits per heavy atom. The van der Waals surface area contributed by atoms with Crippen LogP contribution in [-0.4, -0.2) is 44.5 Å². The Bertz CT molecular complexity index is 966. The van der Waals surface area contributed by atoms with Gasteiger partial charge >= 0.3 is 0 Å². The van der Waals surface area contributed by atoms with Crippen molar-refractivity contribution in [1.29, 1.82) is 0 Å². The lowest BCUT2D eigenvalue weighted by atomic mass is 10.1. The summed E-state index contributed by atoms with van der Waals surface area (Å²) >= 11 is 0. The highest BCUT2D eigenvalue weighted by molar-refractivity contribution is 7.91. The Hall–Kier alpha value is -2.67. The zero-order valence-corrected chi connectivity index (χ0v) is 17.5. The number of nitrogens with zero attached hydrogens (tertiary/aromatic N) is 1. The van der Waals surface area contributed by atoms with Crippen molar-refractivity contribution in [2.24, 2.45) is 0 Å². The van der Waals surface area contributed by atoms with E-state index in [2.05, 4.69) is 5.32 Å². The molecule has 0 atom stereocenters. The van der Waals surface area contributed by atoms with Crippen LogP contribution in [0.5, 0.6) is 0 Å². The molecular weight excluding hydrogens is 376 g/mol. The number of aryl methyl sites for hydroxylation is 2. The van der Waals surface area contributed by atoms with Crippen LogP contribution in [0.1, 0.15) is 23.1 Å².